The van der Waals surface area contributed by atoms with Gasteiger partial charge in [-0.2, -0.15) is 26.3 Å². The number of aryl methyl sites for hydroxylation is 1. The minimum Gasteiger partial charge on any atom is -0.300 e. The van der Waals surface area contributed by atoms with Gasteiger partial charge in [0, 0.05) is 23.9 Å². The maximum Gasteiger partial charge on any atom is 0.433 e. The minimum atomic E-state index is -4.86. The second-order valence-corrected chi connectivity index (χ2v) is 8.31. The number of aromatic nitrogens is 2. The first-order valence-corrected chi connectivity index (χ1v) is 9.92. The number of pyridine rings is 1. The quantitative estimate of drug-likeness (QED) is 0.432. The second-order valence-electron chi connectivity index (χ2n) is 7.25. The third-order valence-corrected chi connectivity index (χ3v) is 5.50. The first-order chi connectivity index (χ1) is 13.9. The van der Waals surface area contributed by atoms with Crippen molar-refractivity contribution < 1.29 is 26.3 Å². The first kappa shape index (κ1) is 22.5. The van der Waals surface area contributed by atoms with Crippen LogP contribution in [0.2, 0.25) is 0 Å². The lowest BCUT2D eigenvalue weighted by molar-refractivity contribution is -0.142. The van der Waals surface area contributed by atoms with E-state index < -0.39 is 35.0 Å². The van der Waals surface area contributed by atoms with Gasteiger partial charge in [0.1, 0.15) is 5.69 Å². The van der Waals surface area contributed by atoms with E-state index in [0.29, 0.717) is 13.1 Å². The van der Waals surface area contributed by atoms with Crippen LogP contribution in [0.1, 0.15) is 40.4 Å². The molecule has 0 saturated carbocycles. The molecule has 2 heterocycles. The van der Waals surface area contributed by atoms with E-state index in [1.54, 1.807) is 14.0 Å². The Morgan fingerprint density at radius 1 is 1.07 bits per heavy atom. The smallest absolute Gasteiger partial charge is 0.300 e. The van der Waals surface area contributed by atoms with Crippen LogP contribution >= 0.6 is 11.3 Å². The monoisotopic (exact) mass is 447 g/mol. The second kappa shape index (κ2) is 8.14. The Kier molecular flexibility index (Phi) is 6.10. The highest BCUT2D eigenvalue weighted by Gasteiger charge is 2.37. The van der Waals surface area contributed by atoms with Crippen LogP contribution in [0.3, 0.4) is 0 Å². The van der Waals surface area contributed by atoms with Crippen molar-refractivity contribution in [1.29, 1.82) is 0 Å². The molecule has 0 saturated heterocycles. The first-order valence-electron chi connectivity index (χ1n) is 9.04. The molecule has 30 heavy (non-hydrogen) atoms. The fraction of sp³-hybridized carbons (Fsp3) is 0.400. The Hall–Kier alpha value is -2.20. The third-order valence-electron chi connectivity index (χ3n) is 4.68. The minimum absolute atomic E-state index is 0.0724. The molecule has 3 nitrogen and oxygen atoms in total. The van der Waals surface area contributed by atoms with Crippen LogP contribution in [-0.4, -0.2) is 28.5 Å². The number of alkyl halides is 6. The van der Waals surface area contributed by atoms with Crippen LogP contribution in [0.4, 0.5) is 26.3 Å². The molecule has 3 rings (SSSR count). The molecule has 3 aromatic rings. The predicted octanol–water partition coefficient (Wildman–Crippen LogP) is 6.27. The molecule has 0 amide bonds. The van der Waals surface area contributed by atoms with Crippen LogP contribution in [0.25, 0.3) is 10.9 Å². The molecule has 0 N–H and O–H groups in total. The van der Waals surface area contributed by atoms with Gasteiger partial charge in [-0.3, -0.25) is 4.90 Å². The summed E-state index contributed by atoms with van der Waals surface area (Å²) in [6.07, 6.45) is -9.66. The van der Waals surface area contributed by atoms with Crippen molar-refractivity contribution in [2.45, 2.75) is 38.7 Å². The van der Waals surface area contributed by atoms with Gasteiger partial charge in [0.05, 0.1) is 21.8 Å². The average molecular weight is 447 g/mol. The number of nitrogens with zero attached hydrogens (tertiary/aromatic N) is 3. The van der Waals surface area contributed by atoms with Crippen molar-refractivity contribution in [3.63, 3.8) is 0 Å². The third kappa shape index (κ3) is 4.92. The highest BCUT2D eigenvalue weighted by atomic mass is 32.1. The van der Waals surface area contributed by atoms with Crippen LogP contribution in [0.15, 0.2) is 29.6 Å². The molecule has 10 heteroatoms. The number of fused-ring (bicyclic) bond motifs is 1. The fourth-order valence-corrected chi connectivity index (χ4v) is 4.05. The van der Waals surface area contributed by atoms with Gasteiger partial charge in [-0.15, -0.1) is 11.3 Å². The molecule has 0 fully saturated rings. The Balaban J connectivity index is 2.02. The highest BCUT2D eigenvalue weighted by molar-refractivity contribution is 7.09. The number of benzene rings is 1. The zero-order chi connectivity index (χ0) is 22.3. The van der Waals surface area contributed by atoms with Crippen LogP contribution in [0, 0.1) is 6.92 Å². The molecule has 0 aliphatic heterocycles. The van der Waals surface area contributed by atoms with E-state index in [4.69, 9.17) is 0 Å². The molecule has 1 aromatic carbocycles. The summed E-state index contributed by atoms with van der Waals surface area (Å²) in [4.78, 5) is 9.58. The molecule has 0 bridgehead atoms. The van der Waals surface area contributed by atoms with Crippen molar-refractivity contribution >= 4 is 22.2 Å². The van der Waals surface area contributed by atoms with Crippen molar-refractivity contribution in [1.82, 2.24) is 14.9 Å². The number of likely N-dealkylation sites (N-methyl/N-ethyl adjacent to an activating group) is 1. The maximum absolute atomic E-state index is 13.4. The van der Waals surface area contributed by atoms with Gasteiger partial charge in [-0.05, 0) is 37.6 Å². The van der Waals surface area contributed by atoms with Gasteiger partial charge in [-0.1, -0.05) is 19.1 Å². The highest BCUT2D eigenvalue weighted by Crippen LogP contribution is 2.39. The van der Waals surface area contributed by atoms with Gasteiger partial charge in [0.15, 0.2) is 0 Å². The van der Waals surface area contributed by atoms with E-state index in [1.807, 2.05) is 17.2 Å². The zero-order valence-corrected chi connectivity index (χ0v) is 17.2. The molecular formula is C20H19F6N3S. The Morgan fingerprint density at radius 3 is 2.33 bits per heavy atom. The summed E-state index contributed by atoms with van der Waals surface area (Å²) in [5, 5.41) is 2.87. The standard InChI is InChI=1S/C20H19F6N3S/c1-11(8-29(3)9-13-10-30-12(2)27-13)15-7-17(20(24,25)26)28-18-14(15)5-4-6-16(18)19(21,22)23/h4-7,10-11H,8-9H2,1-3H3. The summed E-state index contributed by atoms with van der Waals surface area (Å²) in [5.74, 6) is -0.468. The molecule has 0 spiro atoms. The molecule has 2 aromatic heterocycles. The van der Waals surface area contributed by atoms with Crippen molar-refractivity contribution in [3.8, 4) is 0 Å². The molecule has 1 unspecified atom stereocenters. The summed E-state index contributed by atoms with van der Waals surface area (Å²) < 4.78 is 80.3. The lowest BCUT2D eigenvalue weighted by Gasteiger charge is -2.23. The van der Waals surface area contributed by atoms with E-state index >= 15 is 0 Å². The van der Waals surface area contributed by atoms with Crippen molar-refractivity contribution in [2.75, 3.05) is 13.6 Å². The summed E-state index contributed by atoms with van der Waals surface area (Å²) in [5.41, 5.74) is -2.17. The Labute approximate surface area is 173 Å². The number of halogens is 6. The van der Waals surface area contributed by atoms with Crippen molar-refractivity contribution in [2.24, 2.45) is 0 Å². The van der Waals surface area contributed by atoms with Crippen LogP contribution in [-0.2, 0) is 18.9 Å². The Bertz CT molecular complexity index is 1040. The topological polar surface area (TPSA) is 29.0 Å². The van der Waals surface area contributed by atoms with E-state index in [9.17, 15) is 26.3 Å². The fourth-order valence-electron chi connectivity index (χ4n) is 3.44. The molecule has 1 atom stereocenters. The number of rotatable bonds is 5. The van der Waals surface area contributed by atoms with Crippen molar-refractivity contribution in [3.05, 3.63) is 57.2 Å². The largest absolute Gasteiger partial charge is 0.433 e. The molecule has 0 radical (unpaired) electrons. The summed E-state index contributed by atoms with van der Waals surface area (Å²) in [7, 11) is 1.79. The average Bonchev–Trinajstić information content (AvgIpc) is 3.02. The molecule has 0 aliphatic carbocycles. The summed E-state index contributed by atoms with van der Waals surface area (Å²) >= 11 is 1.49. The summed E-state index contributed by atoms with van der Waals surface area (Å²) in [6.45, 7) is 4.38. The predicted molar refractivity (Wildman–Crippen MR) is 103 cm³/mol. The Morgan fingerprint density at radius 2 is 1.77 bits per heavy atom. The zero-order valence-electron chi connectivity index (χ0n) is 16.4. The van der Waals surface area contributed by atoms with Gasteiger partial charge >= 0.3 is 12.4 Å². The van der Waals surface area contributed by atoms with E-state index in [0.717, 1.165) is 22.8 Å². The van der Waals surface area contributed by atoms with E-state index in [1.165, 1.54) is 23.5 Å². The van der Waals surface area contributed by atoms with E-state index in [2.05, 4.69) is 9.97 Å². The van der Waals surface area contributed by atoms with E-state index in [-0.39, 0.29) is 10.9 Å². The molecule has 0 aliphatic rings. The normalized spacial score (nSPS) is 13.9. The van der Waals surface area contributed by atoms with Gasteiger partial charge < -0.3 is 0 Å². The van der Waals surface area contributed by atoms with Gasteiger partial charge in [-0.25, -0.2) is 9.97 Å². The lowest BCUT2D eigenvalue weighted by atomic mass is 9.94. The molecule has 162 valence electrons. The number of para-hydroxylation sites is 1. The lowest BCUT2D eigenvalue weighted by Crippen LogP contribution is -2.24. The van der Waals surface area contributed by atoms with Gasteiger partial charge in [0.2, 0.25) is 0 Å². The number of hydrogen-bond acceptors (Lipinski definition) is 4. The molecular weight excluding hydrogens is 428 g/mol. The summed E-state index contributed by atoms with van der Waals surface area (Å²) in [6, 6.07) is 4.18. The number of hydrogen-bond donors (Lipinski definition) is 0. The SMILES string of the molecule is Cc1nc(CN(C)CC(C)c2cc(C(F)(F)F)nc3c(C(F)(F)F)cccc23)cs1. The maximum atomic E-state index is 13.4. The number of thiazole rings is 1. The van der Waals surface area contributed by atoms with Crippen LogP contribution < -0.4 is 0 Å². The van der Waals surface area contributed by atoms with Gasteiger partial charge in [0.25, 0.3) is 0 Å². The van der Waals surface area contributed by atoms with Crippen LogP contribution in [0.5, 0.6) is 0 Å².